The Morgan fingerprint density at radius 2 is 2.13 bits per heavy atom. The van der Waals surface area contributed by atoms with Crippen LogP contribution in [0.15, 0.2) is 36.5 Å². The fourth-order valence-electron chi connectivity index (χ4n) is 1.66. The van der Waals surface area contributed by atoms with Gasteiger partial charge in [0.1, 0.15) is 0 Å². The average Bonchev–Trinajstić information content (AvgIpc) is 2.28. The quantitative estimate of drug-likeness (QED) is 0.748. The molecule has 1 aromatic heterocycles. The van der Waals surface area contributed by atoms with Crippen LogP contribution in [-0.2, 0) is 0 Å². The van der Waals surface area contributed by atoms with Crippen molar-refractivity contribution in [2.75, 3.05) is 0 Å². The lowest BCUT2D eigenvalue weighted by molar-refractivity contribution is 0.759. The maximum absolute atomic E-state index is 5.99. The molecule has 0 fully saturated rings. The number of terminal acetylenes is 1. The fourth-order valence-corrected chi connectivity index (χ4v) is 1.66. The molecule has 0 saturated carbocycles. The highest BCUT2D eigenvalue weighted by Gasteiger charge is 2.08. The Labute approximate surface area is 89.1 Å². The topological polar surface area (TPSA) is 38.9 Å². The molecule has 0 bridgehead atoms. The fraction of sp³-hybridized carbons (Fsp3) is 0.154. The second-order valence-corrected chi connectivity index (χ2v) is 3.44. The number of nitrogens with zero attached hydrogens (tertiary/aromatic N) is 1. The third kappa shape index (κ3) is 1.83. The summed E-state index contributed by atoms with van der Waals surface area (Å²) in [5.41, 5.74) is 7.96. The average molecular weight is 196 g/mol. The summed E-state index contributed by atoms with van der Waals surface area (Å²) in [5.74, 6) is 2.58. The van der Waals surface area contributed by atoms with E-state index in [0.717, 1.165) is 16.5 Å². The Balaban J connectivity index is 2.56. The molecule has 1 heterocycles. The summed E-state index contributed by atoms with van der Waals surface area (Å²) >= 11 is 0. The molecule has 1 atom stereocenters. The molecule has 2 aromatic rings. The second kappa shape index (κ2) is 4.12. The van der Waals surface area contributed by atoms with Crippen LogP contribution in [0.4, 0.5) is 0 Å². The first-order valence-corrected chi connectivity index (χ1v) is 4.85. The van der Waals surface area contributed by atoms with Crippen LogP contribution in [0.25, 0.3) is 10.9 Å². The zero-order valence-corrected chi connectivity index (χ0v) is 8.35. The van der Waals surface area contributed by atoms with Crippen LogP contribution in [0.2, 0.25) is 0 Å². The standard InChI is InChI=1S/C13H12N2/c1-2-5-12(14)11-8-3-6-10-7-4-9-15-13(10)11/h1,3-4,6-9,12H,5,14H2. The van der Waals surface area contributed by atoms with Crippen molar-refractivity contribution in [1.29, 1.82) is 0 Å². The van der Waals surface area contributed by atoms with Gasteiger partial charge in [-0.25, -0.2) is 0 Å². The van der Waals surface area contributed by atoms with Crippen molar-refractivity contribution in [1.82, 2.24) is 4.98 Å². The highest BCUT2D eigenvalue weighted by Crippen LogP contribution is 2.22. The van der Waals surface area contributed by atoms with Crippen LogP contribution >= 0.6 is 0 Å². The lowest BCUT2D eigenvalue weighted by atomic mass is 10.0. The van der Waals surface area contributed by atoms with Crippen molar-refractivity contribution in [3.8, 4) is 12.3 Å². The van der Waals surface area contributed by atoms with Gasteiger partial charge in [-0.05, 0) is 11.6 Å². The monoisotopic (exact) mass is 196 g/mol. The zero-order chi connectivity index (χ0) is 10.7. The van der Waals surface area contributed by atoms with E-state index in [1.165, 1.54) is 0 Å². The molecule has 1 aromatic carbocycles. The predicted octanol–water partition coefficient (Wildman–Crippen LogP) is 2.26. The Hall–Kier alpha value is -1.85. The van der Waals surface area contributed by atoms with Crippen LogP contribution in [0.1, 0.15) is 18.0 Å². The van der Waals surface area contributed by atoms with Gasteiger partial charge in [-0.2, -0.15) is 0 Å². The summed E-state index contributed by atoms with van der Waals surface area (Å²) in [6, 6.07) is 9.79. The van der Waals surface area contributed by atoms with Crippen molar-refractivity contribution < 1.29 is 0 Å². The Kier molecular flexibility index (Phi) is 2.66. The number of rotatable bonds is 2. The van der Waals surface area contributed by atoms with Gasteiger partial charge in [-0.15, -0.1) is 12.3 Å². The minimum absolute atomic E-state index is 0.131. The van der Waals surface area contributed by atoms with Crippen molar-refractivity contribution in [3.63, 3.8) is 0 Å². The summed E-state index contributed by atoms with van der Waals surface area (Å²) in [6.07, 6.45) is 7.57. The van der Waals surface area contributed by atoms with Gasteiger partial charge in [-0.3, -0.25) is 4.98 Å². The second-order valence-electron chi connectivity index (χ2n) is 3.44. The number of pyridine rings is 1. The first-order valence-electron chi connectivity index (χ1n) is 4.85. The molecule has 0 aliphatic heterocycles. The van der Waals surface area contributed by atoms with Crippen LogP contribution in [0.5, 0.6) is 0 Å². The van der Waals surface area contributed by atoms with Crippen LogP contribution in [0.3, 0.4) is 0 Å². The summed E-state index contributed by atoms with van der Waals surface area (Å²) in [4.78, 5) is 4.34. The van der Waals surface area contributed by atoms with Gasteiger partial charge in [0.05, 0.1) is 5.52 Å². The van der Waals surface area contributed by atoms with Crippen LogP contribution < -0.4 is 5.73 Å². The number of nitrogens with two attached hydrogens (primary N) is 1. The predicted molar refractivity (Wildman–Crippen MR) is 62.1 cm³/mol. The molecular weight excluding hydrogens is 184 g/mol. The minimum atomic E-state index is -0.131. The number of aromatic nitrogens is 1. The molecule has 0 aliphatic rings. The highest BCUT2D eigenvalue weighted by atomic mass is 14.7. The van der Waals surface area contributed by atoms with E-state index in [1.807, 2.05) is 30.3 Å². The first kappa shape index (κ1) is 9.70. The molecular formula is C13H12N2. The van der Waals surface area contributed by atoms with Crippen molar-refractivity contribution in [3.05, 3.63) is 42.1 Å². The van der Waals surface area contributed by atoms with E-state index in [0.29, 0.717) is 6.42 Å². The molecule has 1 unspecified atom stereocenters. The van der Waals surface area contributed by atoms with E-state index >= 15 is 0 Å². The van der Waals surface area contributed by atoms with Crippen molar-refractivity contribution in [2.24, 2.45) is 5.73 Å². The van der Waals surface area contributed by atoms with E-state index in [-0.39, 0.29) is 6.04 Å². The SMILES string of the molecule is C#CCC(N)c1cccc2cccnc12. The van der Waals surface area contributed by atoms with Gasteiger partial charge in [0.25, 0.3) is 0 Å². The molecule has 0 saturated heterocycles. The van der Waals surface area contributed by atoms with Gasteiger partial charge < -0.3 is 5.73 Å². The summed E-state index contributed by atoms with van der Waals surface area (Å²) in [7, 11) is 0. The lowest BCUT2D eigenvalue weighted by Gasteiger charge is -2.10. The largest absolute Gasteiger partial charge is 0.323 e. The third-order valence-electron chi connectivity index (χ3n) is 2.40. The van der Waals surface area contributed by atoms with E-state index in [1.54, 1.807) is 6.20 Å². The minimum Gasteiger partial charge on any atom is -0.323 e. The Bertz CT molecular complexity index is 506. The number of para-hydroxylation sites is 1. The van der Waals surface area contributed by atoms with Crippen molar-refractivity contribution in [2.45, 2.75) is 12.5 Å². The molecule has 0 spiro atoms. The summed E-state index contributed by atoms with van der Waals surface area (Å²) in [5, 5.41) is 1.10. The number of fused-ring (bicyclic) bond motifs is 1. The molecule has 0 amide bonds. The number of benzene rings is 1. The maximum atomic E-state index is 5.99. The summed E-state index contributed by atoms with van der Waals surface area (Å²) in [6.45, 7) is 0. The Morgan fingerprint density at radius 3 is 2.93 bits per heavy atom. The van der Waals surface area contributed by atoms with Crippen LogP contribution in [-0.4, -0.2) is 4.98 Å². The van der Waals surface area contributed by atoms with E-state index in [4.69, 9.17) is 12.2 Å². The van der Waals surface area contributed by atoms with Gasteiger partial charge >= 0.3 is 0 Å². The summed E-state index contributed by atoms with van der Waals surface area (Å²) < 4.78 is 0. The normalized spacial score (nSPS) is 12.3. The molecule has 15 heavy (non-hydrogen) atoms. The molecule has 0 aliphatic carbocycles. The molecule has 2 nitrogen and oxygen atoms in total. The highest BCUT2D eigenvalue weighted by molar-refractivity contribution is 5.81. The van der Waals surface area contributed by atoms with Crippen molar-refractivity contribution >= 4 is 10.9 Å². The van der Waals surface area contributed by atoms with Gasteiger partial charge in [0.15, 0.2) is 0 Å². The Morgan fingerprint density at radius 1 is 1.33 bits per heavy atom. The third-order valence-corrected chi connectivity index (χ3v) is 2.40. The van der Waals surface area contributed by atoms with Crippen LogP contribution in [0, 0.1) is 12.3 Å². The molecule has 2 N–H and O–H groups in total. The van der Waals surface area contributed by atoms with E-state index < -0.39 is 0 Å². The van der Waals surface area contributed by atoms with E-state index in [2.05, 4.69) is 10.9 Å². The molecule has 2 heteroatoms. The lowest BCUT2D eigenvalue weighted by Crippen LogP contribution is -2.10. The van der Waals surface area contributed by atoms with Gasteiger partial charge in [0, 0.05) is 24.0 Å². The van der Waals surface area contributed by atoms with E-state index in [9.17, 15) is 0 Å². The maximum Gasteiger partial charge on any atom is 0.0749 e. The van der Waals surface area contributed by atoms with Gasteiger partial charge in [-0.1, -0.05) is 24.3 Å². The zero-order valence-electron chi connectivity index (χ0n) is 8.35. The number of hydrogen-bond acceptors (Lipinski definition) is 2. The smallest absolute Gasteiger partial charge is 0.0749 e. The first-order chi connectivity index (χ1) is 7.33. The molecule has 2 rings (SSSR count). The van der Waals surface area contributed by atoms with Gasteiger partial charge in [0.2, 0.25) is 0 Å². The molecule has 74 valence electrons. The number of hydrogen-bond donors (Lipinski definition) is 1. The molecule has 0 radical (unpaired) electrons.